The standard InChI is InChI=1S/C18H18N2O5S/c1-4-24-13-7-11(5-6-12(13)25-8-14(21)22)16-19-17(23)15-9(2)10(3)26-18(15)20-16/h5-7H,4,8H2,1-3H3,(H,21,22)(H,19,20,23). The Balaban J connectivity index is 2.06. The molecule has 26 heavy (non-hydrogen) atoms. The van der Waals surface area contributed by atoms with Gasteiger partial charge in [0.05, 0.1) is 12.0 Å². The van der Waals surface area contributed by atoms with Gasteiger partial charge in [0.1, 0.15) is 10.7 Å². The number of benzene rings is 1. The molecule has 0 unspecified atom stereocenters. The van der Waals surface area contributed by atoms with Crippen molar-refractivity contribution in [3.05, 3.63) is 39.0 Å². The zero-order valence-electron chi connectivity index (χ0n) is 14.6. The minimum atomic E-state index is -1.07. The summed E-state index contributed by atoms with van der Waals surface area (Å²) in [5, 5.41) is 9.38. The monoisotopic (exact) mass is 374 g/mol. The lowest BCUT2D eigenvalue weighted by Gasteiger charge is -2.12. The second-order valence-corrected chi connectivity index (χ2v) is 6.86. The highest BCUT2D eigenvalue weighted by molar-refractivity contribution is 7.18. The van der Waals surface area contributed by atoms with Gasteiger partial charge >= 0.3 is 5.97 Å². The molecule has 0 atom stereocenters. The highest BCUT2D eigenvalue weighted by Crippen LogP contribution is 2.33. The third-order valence-corrected chi connectivity index (χ3v) is 5.01. The number of aliphatic carboxylic acids is 1. The van der Waals surface area contributed by atoms with Crippen LogP contribution in [0.25, 0.3) is 21.6 Å². The molecule has 2 aromatic heterocycles. The van der Waals surface area contributed by atoms with Crippen molar-refractivity contribution in [2.75, 3.05) is 13.2 Å². The third-order valence-electron chi connectivity index (χ3n) is 3.91. The number of hydrogen-bond donors (Lipinski definition) is 2. The largest absolute Gasteiger partial charge is 0.490 e. The quantitative estimate of drug-likeness (QED) is 0.687. The van der Waals surface area contributed by atoms with Crippen molar-refractivity contribution in [2.45, 2.75) is 20.8 Å². The van der Waals surface area contributed by atoms with E-state index in [4.69, 9.17) is 14.6 Å². The van der Waals surface area contributed by atoms with Crippen molar-refractivity contribution in [3.63, 3.8) is 0 Å². The van der Waals surface area contributed by atoms with Gasteiger partial charge in [-0.1, -0.05) is 0 Å². The van der Waals surface area contributed by atoms with Gasteiger partial charge in [0, 0.05) is 10.4 Å². The molecule has 8 heteroatoms. The van der Waals surface area contributed by atoms with Crippen LogP contribution in [0.1, 0.15) is 17.4 Å². The minimum absolute atomic E-state index is 0.184. The molecule has 0 aliphatic carbocycles. The summed E-state index contributed by atoms with van der Waals surface area (Å²) in [4.78, 5) is 32.3. The summed E-state index contributed by atoms with van der Waals surface area (Å²) in [6, 6.07) is 4.99. The number of H-pyrrole nitrogens is 1. The van der Waals surface area contributed by atoms with Crippen molar-refractivity contribution >= 4 is 27.5 Å². The van der Waals surface area contributed by atoms with Crippen LogP contribution in [0.4, 0.5) is 0 Å². The molecule has 0 spiro atoms. The molecule has 1 aromatic carbocycles. The predicted molar refractivity (Wildman–Crippen MR) is 99.5 cm³/mol. The van der Waals surface area contributed by atoms with Crippen LogP contribution < -0.4 is 15.0 Å². The summed E-state index contributed by atoms with van der Waals surface area (Å²) in [6.07, 6.45) is 0. The summed E-state index contributed by atoms with van der Waals surface area (Å²) < 4.78 is 10.8. The molecule has 0 bridgehead atoms. The zero-order valence-corrected chi connectivity index (χ0v) is 15.4. The minimum Gasteiger partial charge on any atom is -0.490 e. The van der Waals surface area contributed by atoms with Gasteiger partial charge in [-0.05, 0) is 44.5 Å². The topological polar surface area (TPSA) is 102 Å². The average molecular weight is 374 g/mol. The molecule has 0 saturated carbocycles. The Kier molecular flexibility index (Phi) is 4.94. The highest BCUT2D eigenvalue weighted by atomic mass is 32.1. The van der Waals surface area contributed by atoms with Crippen LogP contribution in [-0.4, -0.2) is 34.3 Å². The third kappa shape index (κ3) is 3.41. The zero-order chi connectivity index (χ0) is 18.8. The van der Waals surface area contributed by atoms with Crippen molar-refractivity contribution in [1.29, 1.82) is 0 Å². The summed E-state index contributed by atoms with van der Waals surface area (Å²) in [5.74, 6) is 0.0719. The van der Waals surface area contributed by atoms with Crippen molar-refractivity contribution in [2.24, 2.45) is 0 Å². The van der Waals surface area contributed by atoms with Crippen molar-refractivity contribution in [3.8, 4) is 22.9 Å². The van der Waals surface area contributed by atoms with Crippen LogP contribution in [0.15, 0.2) is 23.0 Å². The summed E-state index contributed by atoms with van der Waals surface area (Å²) >= 11 is 1.48. The number of aryl methyl sites for hydroxylation is 2. The second-order valence-electron chi connectivity index (χ2n) is 5.65. The molecule has 3 aromatic rings. The number of aromatic amines is 1. The van der Waals surface area contributed by atoms with E-state index in [1.807, 2.05) is 20.8 Å². The van der Waals surface area contributed by atoms with Gasteiger partial charge in [-0.15, -0.1) is 11.3 Å². The van der Waals surface area contributed by atoms with Crippen LogP contribution in [0.2, 0.25) is 0 Å². The first-order chi connectivity index (χ1) is 12.4. The lowest BCUT2D eigenvalue weighted by molar-refractivity contribution is -0.139. The highest BCUT2D eigenvalue weighted by Gasteiger charge is 2.15. The normalized spacial score (nSPS) is 10.9. The van der Waals surface area contributed by atoms with Crippen LogP contribution in [-0.2, 0) is 4.79 Å². The molecule has 2 N–H and O–H groups in total. The van der Waals surface area contributed by atoms with E-state index in [1.165, 1.54) is 11.3 Å². The van der Waals surface area contributed by atoms with Gasteiger partial charge in [0.2, 0.25) is 0 Å². The maximum Gasteiger partial charge on any atom is 0.341 e. The van der Waals surface area contributed by atoms with Gasteiger partial charge in [0.15, 0.2) is 18.1 Å². The van der Waals surface area contributed by atoms with Gasteiger partial charge < -0.3 is 19.6 Å². The summed E-state index contributed by atoms with van der Waals surface area (Å²) in [6.45, 7) is 5.61. The number of aromatic nitrogens is 2. The van der Waals surface area contributed by atoms with Gasteiger partial charge in [-0.25, -0.2) is 9.78 Å². The van der Waals surface area contributed by atoms with E-state index in [-0.39, 0.29) is 5.56 Å². The van der Waals surface area contributed by atoms with E-state index < -0.39 is 12.6 Å². The van der Waals surface area contributed by atoms with Gasteiger partial charge in [-0.2, -0.15) is 0 Å². The maximum atomic E-state index is 12.5. The Hall–Kier alpha value is -2.87. The second kappa shape index (κ2) is 7.17. The van der Waals surface area contributed by atoms with E-state index in [2.05, 4.69) is 9.97 Å². The van der Waals surface area contributed by atoms with Gasteiger partial charge in [-0.3, -0.25) is 4.79 Å². The molecular formula is C18H18N2O5S. The smallest absolute Gasteiger partial charge is 0.341 e. The number of carboxylic acids is 1. The summed E-state index contributed by atoms with van der Waals surface area (Å²) in [7, 11) is 0. The molecule has 0 fully saturated rings. The van der Waals surface area contributed by atoms with E-state index in [9.17, 15) is 9.59 Å². The van der Waals surface area contributed by atoms with Crippen LogP contribution >= 0.6 is 11.3 Å². The number of rotatable bonds is 6. The van der Waals surface area contributed by atoms with E-state index >= 15 is 0 Å². The molecule has 0 aliphatic heterocycles. The number of nitrogens with one attached hydrogen (secondary N) is 1. The Morgan fingerprint density at radius 1 is 1.27 bits per heavy atom. The molecule has 136 valence electrons. The number of fused-ring (bicyclic) bond motifs is 1. The fourth-order valence-corrected chi connectivity index (χ4v) is 3.60. The predicted octanol–water partition coefficient (Wildman–Crippen LogP) is 3.13. The SMILES string of the molecule is CCOc1cc(-c2nc3sc(C)c(C)c3c(=O)[nH]2)ccc1OCC(=O)O. The molecule has 0 aliphatic rings. The average Bonchev–Trinajstić information content (AvgIpc) is 2.88. The Morgan fingerprint density at radius 3 is 2.73 bits per heavy atom. The maximum absolute atomic E-state index is 12.5. The van der Waals surface area contributed by atoms with E-state index in [1.54, 1.807) is 18.2 Å². The molecule has 3 rings (SSSR count). The number of ether oxygens (including phenoxy) is 2. The first-order valence-electron chi connectivity index (χ1n) is 8.02. The fourth-order valence-electron chi connectivity index (χ4n) is 2.57. The number of hydrogen-bond acceptors (Lipinski definition) is 6. The Morgan fingerprint density at radius 2 is 2.04 bits per heavy atom. The van der Waals surface area contributed by atoms with E-state index in [0.717, 1.165) is 10.4 Å². The van der Waals surface area contributed by atoms with Crippen molar-refractivity contribution < 1.29 is 19.4 Å². The van der Waals surface area contributed by atoms with Crippen LogP contribution in [0, 0.1) is 13.8 Å². The molecule has 0 saturated heterocycles. The first kappa shape index (κ1) is 17.9. The van der Waals surface area contributed by atoms with Crippen LogP contribution in [0.3, 0.4) is 0 Å². The molecule has 0 radical (unpaired) electrons. The molecular weight excluding hydrogens is 356 g/mol. The number of carbonyl (C=O) groups is 1. The Labute approximate surface area is 153 Å². The van der Waals surface area contributed by atoms with Crippen molar-refractivity contribution in [1.82, 2.24) is 9.97 Å². The lowest BCUT2D eigenvalue weighted by Crippen LogP contribution is -2.11. The lowest BCUT2D eigenvalue weighted by atomic mass is 10.1. The van der Waals surface area contributed by atoms with E-state index in [0.29, 0.717) is 39.7 Å². The number of thiophene rings is 1. The Bertz CT molecular complexity index is 1040. The van der Waals surface area contributed by atoms with Crippen LogP contribution in [0.5, 0.6) is 11.5 Å². The first-order valence-corrected chi connectivity index (χ1v) is 8.84. The molecule has 7 nitrogen and oxygen atoms in total. The summed E-state index contributed by atoms with van der Waals surface area (Å²) in [5.41, 5.74) is 1.41. The number of nitrogens with zero attached hydrogens (tertiary/aromatic N) is 1. The number of carboxylic acid groups (broad SMARTS) is 1. The molecule has 2 heterocycles. The fraction of sp³-hybridized carbons (Fsp3) is 0.278. The van der Waals surface area contributed by atoms with Gasteiger partial charge in [0.25, 0.3) is 5.56 Å². The molecule has 0 amide bonds.